The molecule has 1 rings (SSSR count). The zero-order chi connectivity index (χ0) is 15.7. The number of methoxy groups -OCH3 is 3. The Kier molecular flexibility index (Phi) is 8.12. The highest BCUT2D eigenvalue weighted by Crippen LogP contribution is 2.29. The SMILES string of the molecule is CCNC(COC(C)COC)c1cc(OC)ccc1OC. The molecule has 0 radical (unpaired) electrons. The number of nitrogens with one attached hydrogen (secondary N) is 1. The smallest absolute Gasteiger partial charge is 0.123 e. The summed E-state index contributed by atoms with van der Waals surface area (Å²) >= 11 is 0. The van der Waals surface area contributed by atoms with Crippen molar-refractivity contribution < 1.29 is 18.9 Å². The average molecular weight is 297 g/mol. The molecule has 0 spiro atoms. The summed E-state index contributed by atoms with van der Waals surface area (Å²) in [6, 6.07) is 5.83. The normalized spacial score (nSPS) is 13.8. The molecule has 5 nitrogen and oxygen atoms in total. The fraction of sp³-hybridized carbons (Fsp3) is 0.625. The number of rotatable bonds is 10. The average Bonchev–Trinajstić information content (AvgIpc) is 2.51. The highest BCUT2D eigenvalue weighted by molar-refractivity contribution is 5.42. The van der Waals surface area contributed by atoms with Crippen LogP contribution in [0, 0.1) is 0 Å². The molecule has 0 bridgehead atoms. The number of likely N-dealkylation sites (N-methyl/N-ethyl adjacent to an activating group) is 1. The first kappa shape index (κ1) is 17.8. The Morgan fingerprint density at radius 3 is 2.43 bits per heavy atom. The minimum Gasteiger partial charge on any atom is -0.497 e. The summed E-state index contributed by atoms with van der Waals surface area (Å²) in [5.74, 6) is 1.63. The van der Waals surface area contributed by atoms with Crippen LogP contribution in [0.5, 0.6) is 11.5 Å². The highest BCUT2D eigenvalue weighted by atomic mass is 16.5. The standard InChI is InChI=1S/C16H27NO4/c1-6-17-15(11-21-12(2)10-18-3)14-9-13(19-4)7-8-16(14)20-5/h7-9,12,15,17H,6,10-11H2,1-5H3. The van der Waals surface area contributed by atoms with Gasteiger partial charge in [0.1, 0.15) is 11.5 Å². The van der Waals surface area contributed by atoms with Gasteiger partial charge in [-0.15, -0.1) is 0 Å². The van der Waals surface area contributed by atoms with E-state index in [0.717, 1.165) is 23.6 Å². The lowest BCUT2D eigenvalue weighted by atomic mass is 10.1. The van der Waals surface area contributed by atoms with E-state index < -0.39 is 0 Å². The Labute approximate surface area is 127 Å². The van der Waals surface area contributed by atoms with E-state index >= 15 is 0 Å². The molecule has 1 aromatic rings. The van der Waals surface area contributed by atoms with Crippen LogP contribution in [0.4, 0.5) is 0 Å². The quantitative estimate of drug-likeness (QED) is 0.718. The van der Waals surface area contributed by atoms with Crippen molar-refractivity contribution in [3.8, 4) is 11.5 Å². The second-order valence-electron chi connectivity index (χ2n) is 4.82. The van der Waals surface area contributed by atoms with Crippen LogP contribution in [0.25, 0.3) is 0 Å². The van der Waals surface area contributed by atoms with Gasteiger partial charge in [-0.25, -0.2) is 0 Å². The van der Waals surface area contributed by atoms with E-state index in [1.165, 1.54) is 0 Å². The summed E-state index contributed by atoms with van der Waals surface area (Å²) in [7, 11) is 5.00. The van der Waals surface area contributed by atoms with Gasteiger partial charge in [0.05, 0.1) is 39.6 Å². The lowest BCUT2D eigenvalue weighted by molar-refractivity contribution is -0.000615. The van der Waals surface area contributed by atoms with Crippen LogP contribution in [0.3, 0.4) is 0 Å². The van der Waals surface area contributed by atoms with Crippen molar-refractivity contribution in [2.24, 2.45) is 0 Å². The van der Waals surface area contributed by atoms with Gasteiger partial charge in [-0.05, 0) is 31.7 Å². The summed E-state index contributed by atoms with van der Waals surface area (Å²) in [4.78, 5) is 0. The molecule has 0 fully saturated rings. The molecule has 0 saturated heterocycles. The fourth-order valence-electron chi connectivity index (χ4n) is 2.16. The van der Waals surface area contributed by atoms with Crippen molar-refractivity contribution >= 4 is 0 Å². The van der Waals surface area contributed by atoms with Crippen LogP contribution in [-0.4, -0.2) is 47.2 Å². The highest BCUT2D eigenvalue weighted by Gasteiger charge is 2.18. The first-order chi connectivity index (χ1) is 10.2. The number of hydrogen-bond acceptors (Lipinski definition) is 5. The monoisotopic (exact) mass is 297 g/mol. The Bertz CT molecular complexity index is 411. The third-order valence-electron chi connectivity index (χ3n) is 3.21. The molecule has 1 aromatic carbocycles. The second-order valence-corrected chi connectivity index (χ2v) is 4.82. The van der Waals surface area contributed by atoms with Gasteiger partial charge in [-0.1, -0.05) is 6.92 Å². The molecule has 21 heavy (non-hydrogen) atoms. The number of hydrogen-bond donors (Lipinski definition) is 1. The molecule has 0 saturated carbocycles. The van der Waals surface area contributed by atoms with E-state index in [1.807, 2.05) is 25.1 Å². The first-order valence-electron chi connectivity index (χ1n) is 7.22. The van der Waals surface area contributed by atoms with Gasteiger partial charge in [0.25, 0.3) is 0 Å². The molecule has 0 aliphatic carbocycles. The van der Waals surface area contributed by atoms with E-state index in [-0.39, 0.29) is 12.1 Å². The Morgan fingerprint density at radius 2 is 1.86 bits per heavy atom. The lowest BCUT2D eigenvalue weighted by Gasteiger charge is -2.23. The summed E-state index contributed by atoms with van der Waals surface area (Å²) in [6.45, 7) is 6.02. The maximum atomic E-state index is 5.84. The van der Waals surface area contributed by atoms with Crippen LogP contribution < -0.4 is 14.8 Å². The third kappa shape index (κ3) is 5.53. The molecule has 5 heteroatoms. The van der Waals surface area contributed by atoms with Gasteiger partial charge in [-0.2, -0.15) is 0 Å². The number of benzene rings is 1. The van der Waals surface area contributed by atoms with Gasteiger partial charge < -0.3 is 24.3 Å². The van der Waals surface area contributed by atoms with Crippen molar-refractivity contribution in [2.45, 2.75) is 26.0 Å². The zero-order valence-electron chi connectivity index (χ0n) is 13.6. The van der Waals surface area contributed by atoms with Crippen molar-refractivity contribution in [1.29, 1.82) is 0 Å². The molecule has 2 unspecified atom stereocenters. The molecular formula is C16H27NO4. The van der Waals surface area contributed by atoms with E-state index in [0.29, 0.717) is 13.2 Å². The van der Waals surface area contributed by atoms with Gasteiger partial charge in [-0.3, -0.25) is 0 Å². The minimum atomic E-state index is 0.0411. The van der Waals surface area contributed by atoms with Gasteiger partial charge in [0, 0.05) is 12.7 Å². The maximum absolute atomic E-state index is 5.84. The second kappa shape index (κ2) is 9.60. The maximum Gasteiger partial charge on any atom is 0.123 e. The number of ether oxygens (including phenoxy) is 4. The molecule has 2 atom stereocenters. The molecular weight excluding hydrogens is 270 g/mol. The molecule has 120 valence electrons. The summed E-state index contributed by atoms with van der Waals surface area (Å²) < 4.78 is 21.7. The predicted octanol–water partition coefficient (Wildman–Crippen LogP) is 2.41. The summed E-state index contributed by atoms with van der Waals surface area (Å²) in [5.41, 5.74) is 1.03. The molecule has 0 aliphatic rings. The van der Waals surface area contributed by atoms with Crippen LogP contribution in [0.15, 0.2) is 18.2 Å². The van der Waals surface area contributed by atoms with Crippen molar-refractivity contribution in [3.63, 3.8) is 0 Å². The van der Waals surface area contributed by atoms with E-state index in [1.54, 1.807) is 21.3 Å². The van der Waals surface area contributed by atoms with Crippen molar-refractivity contribution in [3.05, 3.63) is 23.8 Å². The largest absolute Gasteiger partial charge is 0.497 e. The van der Waals surface area contributed by atoms with Crippen molar-refractivity contribution in [2.75, 3.05) is 41.1 Å². The van der Waals surface area contributed by atoms with Crippen LogP contribution in [0.1, 0.15) is 25.5 Å². The summed E-state index contributed by atoms with van der Waals surface area (Å²) in [5, 5.41) is 3.42. The van der Waals surface area contributed by atoms with Gasteiger partial charge in [0.2, 0.25) is 0 Å². The van der Waals surface area contributed by atoms with Gasteiger partial charge in [0.15, 0.2) is 0 Å². The minimum absolute atomic E-state index is 0.0411. The van der Waals surface area contributed by atoms with Crippen LogP contribution in [0.2, 0.25) is 0 Å². The Morgan fingerprint density at radius 1 is 1.10 bits per heavy atom. The van der Waals surface area contributed by atoms with Crippen molar-refractivity contribution in [1.82, 2.24) is 5.32 Å². The van der Waals surface area contributed by atoms with E-state index in [9.17, 15) is 0 Å². The van der Waals surface area contributed by atoms with Gasteiger partial charge >= 0.3 is 0 Å². The Balaban J connectivity index is 2.87. The first-order valence-corrected chi connectivity index (χ1v) is 7.22. The Hall–Kier alpha value is -1.30. The zero-order valence-corrected chi connectivity index (χ0v) is 13.6. The lowest BCUT2D eigenvalue weighted by Crippen LogP contribution is -2.28. The topological polar surface area (TPSA) is 49.0 Å². The predicted molar refractivity (Wildman–Crippen MR) is 83.3 cm³/mol. The molecule has 0 aromatic heterocycles. The third-order valence-corrected chi connectivity index (χ3v) is 3.21. The molecule has 1 N–H and O–H groups in total. The molecule has 0 aliphatic heterocycles. The molecule has 0 heterocycles. The fourth-order valence-corrected chi connectivity index (χ4v) is 2.16. The van der Waals surface area contributed by atoms with Crippen LogP contribution >= 0.6 is 0 Å². The summed E-state index contributed by atoms with van der Waals surface area (Å²) in [6.07, 6.45) is 0.0489. The van der Waals surface area contributed by atoms with Crippen LogP contribution in [-0.2, 0) is 9.47 Å². The molecule has 0 amide bonds. The van der Waals surface area contributed by atoms with E-state index in [2.05, 4.69) is 12.2 Å². The van der Waals surface area contributed by atoms with E-state index in [4.69, 9.17) is 18.9 Å².